The van der Waals surface area contributed by atoms with Gasteiger partial charge in [-0.15, -0.1) is 0 Å². The number of nitrogens with zero attached hydrogens (tertiary/aromatic N) is 2. The molecule has 2 bridgehead atoms. The van der Waals surface area contributed by atoms with Crippen molar-refractivity contribution in [3.8, 4) is 11.5 Å². The van der Waals surface area contributed by atoms with Crippen LogP contribution in [0.3, 0.4) is 0 Å². The first-order valence-corrected chi connectivity index (χ1v) is 17.5. The lowest BCUT2D eigenvalue weighted by Gasteiger charge is -2.45. The van der Waals surface area contributed by atoms with Gasteiger partial charge in [0.05, 0.1) is 6.04 Å². The van der Waals surface area contributed by atoms with Gasteiger partial charge in [0.2, 0.25) is 5.91 Å². The number of carbonyl (C=O) groups is 3. The van der Waals surface area contributed by atoms with E-state index in [1.54, 1.807) is 0 Å². The third kappa shape index (κ3) is 8.46. The van der Waals surface area contributed by atoms with Crippen LogP contribution in [-0.2, 0) is 20.9 Å². The number of carboxylic acid groups (broad SMARTS) is 1. The molecular formula is C38H42BrN3O6. The molecule has 2 fully saturated rings. The van der Waals surface area contributed by atoms with Gasteiger partial charge in [-0.25, -0.2) is 0 Å². The predicted octanol–water partition coefficient (Wildman–Crippen LogP) is 5.99. The van der Waals surface area contributed by atoms with Crippen LogP contribution in [0.4, 0.5) is 0 Å². The third-order valence-electron chi connectivity index (χ3n) is 9.26. The van der Waals surface area contributed by atoms with Gasteiger partial charge in [-0.1, -0.05) is 52.3 Å². The van der Waals surface area contributed by atoms with Crippen molar-refractivity contribution >= 4 is 39.3 Å². The van der Waals surface area contributed by atoms with E-state index < -0.39 is 5.97 Å². The number of hydrogen-bond donors (Lipinski definition) is 2. The highest BCUT2D eigenvalue weighted by Gasteiger charge is 2.43. The number of piperazine rings is 1. The Balaban J connectivity index is 1.22. The maximum atomic E-state index is 14.7. The minimum Gasteiger partial charge on any atom is -0.490 e. The largest absolute Gasteiger partial charge is 0.490 e. The van der Waals surface area contributed by atoms with Gasteiger partial charge in [-0.3, -0.25) is 14.4 Å². The maximum Gasteiger partial charge on any atom is 0.303 e. The molecule has 2 N–H and O–H groups in total. The van der Waals surface area contributed by atoms with Crippen LogP contribution in [0.15, 0.2) is 82.8 Å². The summed E-state index contributed by atoms with van der Waals surface area (Å²) in [4.78, 5) is 42.7. The van der Waals surface area contributed by atoms with Gasteiger partial charge >= 0.3 is 5.97 Å². The van der Waals surface area contributed by atoms with E-state index in [4.69, 9.17) is 14.6 Å². The zero-order chi connectivity index (χ0) is 33.6. The van der Waals surface area contributed by atoms with Crippen molar-refractivity contribution in [2.45, 2.75) is 70.1 Å². The van der Waals surface area contributed by atoms with E-state index in [1.807, 2.05) is 70.5 Å². The Morgan fingerprint density at radius 2 is 1.58 bits per heavy atom. The molecule has 10 heteroatoms. The van der Waals surface area contributed by atoms with Gasteiger partial charge in [0, 0.05) is 54.6 Å². The Hall–Kier alpha value is -4.15. The van der Waals surface area contributed by atoms with Crippen LogP contribution in [0.25, 0.3) is 5.57 Å². The van der Waals surface area contributed by atoms with E-state index in [0.29, 0.717) is 51.3 Å². The SMILES string of the molecule is Cc1ccccc1CN(C(=O)C1=C(c2ccc(OCCOc3ccc(Br)cc3)cc2)C[C@@H]2CN(C(=O)CCCC(=O)O)C[C@H]1N2)C1CC1. The molecule has 3 aromatic carbocycles. The number of amides is 2. The molecule has 9 nitrogen and oxygen atoms in total. The zero-order valence-corrected chi connectivity index (χ0v) is 28.8. The number of fused-ring (bicyclic) bond motifs is 2. The molecule has 2 aliphatic heterocycles. The number of benzene rings is 3. The van der Waals surface area contributed by atoms with Crippen molar-refractivity contribution in [1.82, 2.24) is 15.1 Å². The van der Waals surface area contributed by atoms with Crippen molar-refractivity contribution in [2.75, 3.05) is 26.3 Å². The molecule has 2 amide bonds. The Kier molecular flexibility index (Phi) is 10.8. The standard InChI is InChI=1S/C38H42BrN3O6/c1-25-5-2-3-6-27(25)22-42(30-13-14-30)38(46)37-33(21-29-23-41(24-34(37)40-29)35(43)7-4-8-36(44)45)26-9-15-31(16-10-26)47-19-20-48-32-17-11-28(39)12-18-32/h2-3,5-6,9-12,15-18,29-30,34,40H,4,7-8,13-14,19-24H2,1H3,(H,44,45)/t29-,34-/m1/s1. The topological polar surface area (TPSA) is 108 Å². The number of nitrogens with one attached hydrogen (secondary N) is 1. The van der Waals surface area contributed by atoms with Crippen molar-refractivity contribution in [1.29, 1.82) is 0 Å². The molecular weight excluding hydrogens is 674 g/mol. The Labute approximate surface area is 290 Å². The van der Waals surface area contributed by atoms with Crippen molar-refractivity contribution in [2.24, 2.45) is 0 Å². The summed E-state index contributed by atoms with van der Waals surface area (Å²) in [6.45, 7) is 4.30. The number of aryl methyl sites for hydroxylation is 1. The minimum atomic E-state index is -0.903. The molecule has 6 rings (SSSR count). The second-order valence-electron chi connectivity index (χ2n) is 12.8. The second-order valence-corrected chi connectivity index (χ2v) is 13.7. The molecule has 1 saturated carbocycles. The minimum absolute atomic E-state index is 0.0114. The van der Waals surface area contributed by atoms with Gasteiger partial charge in [0.1, 0.15) is 24.7 Å². The smallest absolute Gasteiger partial charge is 0.303 e. The average Bonchev–Trinajstić information content (AvgIpc) is 3.92. The van der Waals surface area contributed by atoms with Crippen molar-refractivity contribution < 1.29 is 29.0 Å². The van der Waals surface area contributed by atoms with E-state index in [1.165, 1.54) is 0 Å². The number of carboxylic acids is 1. The molecule has 0 unspecified atom stereocenters. The zero-order valence-electron chi connectivity index (χ0n) is 27.2. The van der Waals surface area contributed by atoms with Crippen LogP contribution in [-0.4, -0.2) is 77.1 Å². The number of halogens is 1. The highest BCUT2D eigenvalue weighted by molar-refractivity contribution is 9.10. The first-order valence-electron chi connectivity index (χ1n) is 16.7. The first kappa shape index (κ1) is 33.7. The summed E-state index contributed by atoms with van der Waals surface area (Å²) in [5, 5.41) is 12.7. The number of aliphatic carboxylic acids is 1. The predicted molar refractivity (Wildman–Crippen MR) is 187 cm³/mol. The van der Waals surface area contributed by atoms with Gasteiger partial charge in [0.25, 0.3) is 5.91 Å². The van der Waals surface area contributed by atoms with Crippen LogP contribution in [0, 0.1) is 6.92 Å². The quantitative estimate of drug-likeness (QED) is 0.198. The summed E-state index contributed by atoms with van der Waals surface area (Å²) in [6.07, 6.45) is 3.01. The van der Waals surface area contributed by atoms with E-state index in [-0.39, 0.29) is 42.8 Å². The molecule has 252 valence electrons. The monoisotopic (exact) mass is 715 g/mol. The summed E-state index contributed by atoms with van der Waals surface area (Å²) in [7, 11) is 0. The van der Waals surface area contributed by atoms with Crippen molar-refractivity contribution in [3.05, 3.63) is 99.5 Å². The summed E-state index contributed by atoms with van der Waals surface area (Å²) in [6, 6.07) is 23.6. The number of rotatable bonds is 14. The highest BCUT2D eigenvalue weighted by atomic mass is 79.9. The summed E-state index contributed by atoms with van der Waals surface area (Å²) >= 11 is 3.43. The van der Waals surface area contributed by atoms with Crippen LogP contribution in [0.1, 0.15) is 55.2 Å². The first-order chi connectivity index (χ1) is 23.2. The lowest BCUT2D eigenvalue weighted by atomic mass is 9.82. The van der Waals surface area contributed by atoms with Crippen LogP contribution >= 0.6 is 15.9 Å². The molecule has 2 atom stereocenters. The third-order valence-corrected chi connectivity index (χ3v) is 9.79. The molecule has 48 heavy (non-hydrogen) atoms. The van der Waals surface area contributed by atoms with Gasteiger partial charge in [-0.2, -0.15) is 0 Å². The van der Waals surface area contributed by atoms with E-state index in [2.05, 4.69) is 40.3 Å². The molecule has 0 radical (unpaired) electrons. The van der Waals surface area contributed by atoms with Crippen LogP contribution in [0.2, 0.25) is 0 Å². The average molecular weight is 717 g/mol. The maximum absolute atomic E-state index is 14.7. The van der Waals surface area contributed by atoms with Crippen molar-refractivity contribution in [3.63, 3.8) is 0 Å². The molecule has 1 aliphatic carbocycles. The second kappa shape index (κ2) is 15.4. The Morgan fingerprint density at radius 1 is 0.917 bits per heavy atom. The highest BCUT2D eigenvalue weighted by Crippen LogP contribution is 2.38. The van der Waals surface area contributed by atoms with Gasteiger partial charge < -0.3 is 29.7 Å². The molecule has 3 aliphatic rings. The number of carbonyl (C=O) groups excluding carboxylic acids is 2. The Morgan fingerprint density at radius 3 is 2.23 bits per heavy atom. The molecule has 3 aromatic rings. The lowest BCUT2D eigenvalue weighted by Crippen LogP contribution is -2.62. The van der Waals surface area contributed by atoms with Crippen LogP contribution < -0.4 is 14.8 Å². The Bertz CT molecular complexity index is 1650. The fourth-order valence-corrected chi connectivity index (χ4v) is 6.86. The molecule has 2 heterocycles. The number of hydrogen-bond acceptors (Lipinski definition) is 6. The van der Waals surface area contributed by atoms with Gasteiger partial charge in [0.15, 0.2) is 0 Å². The van der Waals surface area contributed by atoms with Crippen LogP contribution in [0.5, 0.6) is 11.5 Å². The normalized spacial score (nSPS) is 18.8. The molecule has 0 aromatic heterocycles. The summed E-state index contributed by atoms with van der Waals surface area (Å²) in [5.74, 6) is 0.545. The lowest BCUT2D eigenvalue weighted by molar-refractivity contribution is -0.138. The van der Waals surface area contributed by atoms with E-state index >= 15 is 0 Å². The molecule has 0 spiro atoms. The van der Waals surface area contributed by atoms with E-state index in [9.17, 15) is 14.4 Å². The fourth-order valence-electron chi connectivity index (χ4n) is 6.60. The summed E-state index contributed by atoms with van der Waals surface area (Å²) in [5.41, 5.74) is 4.98. The molecule has 1 saturated heterocycles. The fraction of sp³-hybridized carbons (Fsp3) is 0.395. The summed E-state index contributed by atoms with van der Waals surface area (Å²) < 4.78 is 12.7. The van der Waals surface area contributed by atoms with Gasteiger partial charge in [-0.05, 0) is 91.3 Å². The van der Waals surface area contributed by atoms with E-state index in [0.717, 1.165) is 51.1 Å². The number of ether oxygens (including phenoxy) is 2.